The van der Waals surface area contributed by atoms with Gasteiger partial charge in [0.25, 0.3) is 0 Å². The van der Waals surface area contributed by atoms with Gasteiger partial charge < -0.3 is 15.1 Å². The van der Waals surface area contributed by atoms with E-state index in [0.29, 0.717) is 6.61 Å². The number of nitrogens with zero attached hydrogens (tertiary/aromatic N) is 1. The molecular formula is C8H21NO2. The third kappa shape index (κ3) is 3.70. The molecule has 0 aromatic heterocycles. The highest BCUT2D eigenvalue weighted by Gasteiger charge is 2.18. The van der Waals surface area contributed by atoms with Gasteiger partial charge in [-0.3, -0.25) is 0 Å². The SMILES string of the molecule is CC[N+](CC)(CC)CCO.[OH-]. The molecule has 0 bridgehead atoms. The van der Waals surface area contributed by atoms with Gasteiger partial charge in [0.1, 0.15) is 6.54 Å². The fraction of sp³-hybridized carbons (Fsp3) is 1.00. The molecule has 0 spiro atoms. The van der Waals surface area contributed by atoms with Crippen LogP contribution in [0.25, 0.3) is 0 Å². The molecule has 0 aliphatic heterocycles. The largest absolute Gasteiger partial charge is 0.870 e. The Kier molecular flexibility index (Phi) is 8.06. The van der Waals surface area contributed by atoms with Crippen molar-refractivity contribution < 1.29 is 15.1 Å². The number of aliphatic hydroxyl groups excluding tert-OH is 1. The third-order valence-electron chi connectivity index (χ3n) is 2.59. The van der Waals surface area contributed by atoms with Crippen molar-refractivity contribution in [1.82, 2.24) is 0 Å². The molecule has 0 saturated heterocycles. The molecule has 3 nitrogen and oxygen atoms in total. The van der Waals surface area contributed by atoms with E-state index in [1.165, 1.54) is 0 Å². The lowest BCUT2D eigenvalue weighted by Crippen LogP contribution is -2.49. The second-order valence-electron chi connectivity index (χ2n) is 2.74. The molecule has 0 atom stereocenters. The minimum Gasteiger partial charge on any atom is -0.870 e. The first-order chi connectivity index (χ1) is 4.74. The van der Waals surface area contributed by atoms with E-state index in [9.17, 15) is 0 Å². The maximum absolute atomic E-state index is 8.78. The zero-order chi connectivity index (χ0) is 8.04. The first-order valence-corrected chi connectivity index (χ1v) is 4.20. The van der Waals surface area contributed by atoms with Gasteiger partial charge in [-0.1, -0.05) is 0 Å². The van der Waals surface area contributed by atoms with Gasteiger partial charge in [0, 0.05) is 0 Å². The Hall–Kier alpha value is -0.120. The predicted molar refractivity (Wildman–Crippen MR) is 45.8 cm³/mol. The fourth-order valence-electron chi connectivity index (χ4n) is 1.36. The Morgan fingerprint density at radius 1 is 1.00 bits per heavy atom. The molecule has 0 unspecified atom stereocenters. The van der Waals surface area contributed by atoms with Gasteiger partial charge in [0.15, 0.2) is 0 Å². The molecule has 0 saturated carbocycles. The van der Waals surface area contributed by atoms with E-state index >= 15 is 0 Å². The maximum atomic E-state index is 8.78. The van der Waals surface area contributed by atoms with Gasteiger partial charge in [-0.05, 0) is 20.8 Å². The summed E-state index contributed by atoms with van der Waals surface area (Å²) in [7, 11) is 0. The van der Waals surface area contributed by atoms with Crippen LogP contribution in [0.5, 0.6) is 0 Å². The van der Waals surface area contributed by atoms with Gasteiger partial charge in [-0.25, -0.2) is 0 Å². The van der Waals surface area contributed by atoms with Gasteiger partial charge in [0.05, 0.1) is 26.2 Å². The minimum absolute atomic E-state index is 0. The summed E-state index contributed by atoms with van der Waals surface area (Å²) in [6, 6.07) is 0. The lowest BCUT2D eigenvalue weighted by molar-refractivity contribution is -0.923. The van der Waals surface area contributed by atoms with Crippen LogP contribution in [0, 0.1) is 0 Å². The fourth-order valence-corrected chi connectivity index (χ4v) is 1.36. The molecule has 3 heteroatoms. The number of quaternary nitrogens is 1. The number of likely N-dealkylation sites (N-methyl/N-ethyl adjacent to an activating group) is 1. The predicted octanol–water partition coefficient (Wildman–Crippen LogP) is 0.678. The van der Waals surface area contributed by atoms with E-state index in [0.717, 1.165) is 30.7 Å². The van der Waals surface area contributed by atoms with E-state index in [1.807, 2.05) is 0 Å². The minimum atomic E-state index is 0. The van der Waals surface area contributed by atoms with Crippen LogP contribution < -0.4 is 0 Å². The molecule has 0 radical (unpaired) electrons. The molecule has 0 heterocycles. The highest BCUT2D eigenvalue weighted by molar-refractivity contribution is 4.35. The molecule has 0 aromatic rings. The summed E-state index contributed by atoms with van der Waals surface area (Å²) in [4.78, 5) is 0. The first kappa shape index (κ1) is 13.5. The number of aliphatic hydroxyl groups is 1. The number of hydrogen-bond acceptors (Lipinski definition) is 2. The normalized spacial score (nSPS) is 10.9. The number of hydrogen-bond donors (Lipinski definition) is 1. The highest BCUT2D eigenvalue weighted by Crippen LogP contribution is 2.03. The van der Waals surface area contributed by atoms with Crippen molar-refractivity contribution >= 4 is 0 Å². The van der Waals surface area contributed by atoms with Crippen LogP contribution in [0.15, 0.2) is 0 Å². The summed E-state index contributed by atoms with van der Waals surface area (Å²) in [5.74, 6) is 0. The lowest BCUT2D eigenvalue weighted by atomic mass is 10.3. The van der Waals surface area contributed by atoms with Crippen LogP contribution in [0.2, 0.25) is 0 Å². The van der Waals surface area contributed by atoms with Crippen molar-refractivity contribution in [3.05, 3.63) is 0 Å². The molecule has 0 aromatic carbocycles. The molecule has 70 valence electrons. The van der Waals surface area contributed by atoms with Crippen LogP contribution in [-0.2, 0) is 0 Å². The van der Waals surface area contributed by atoms with Crippen LogP contribution in [-0.4, -0.2) is 47.9 Å². The average Bonchev–Trinajstić information content (AvgIpc) is 2.01. The molecule has 0 rings (SSSR count). The first-order valence-electron chi connectivity index (χ1n) is 4.20. The monoisotopic (exact) mass is 163 g/mol. The molecule has 0 fully saturated rings. The van der Waals surface area contributed by atoms with E-state index in [2.05, 4.69) is 20.8 Å². The Labute approximate surface area is 69.5 Å². The smallest absolute Gasteiger partial charge is 0.102 e. The summed E-state index contributed by atoms with van der Waals surface area (Å²) in [5.41, 5.74) is 0. The Morgan fingerprint density at radius 2 is 1.36 bits per heavy atom. The van der Waals surface area contributed by atoms with Crippen molar-refractivity contribution in [1.29, 1.82) is 0 Å². The molecule has 0 aliphatic rings. The van der Waals surface area contributed by atoms with Crippen molar-refractivity contribution in [2.45, 2.75) is 20.8 Å². The van der Waals surface area contributed by atoms with Gasteiger partial charge in [-0.15, -0.1) is 0 Å². The van der Waals surface area contributed by atoms with E-state index in [4.69, 9.17) is 5.11 Å². The van der Waals surface area contributed by atoms with Crippen molar-refractivity contribution in [3.8, 4) is 0 Å². The summed E-state index contributed by atoms with van der Waals surface area (Å²) in [6.45, 7) is 11.2. The van der Waals surface area contributed by atoms with Crippen molar-refractivity contribution in [3.63, 3.8) is 0 Å². The Balaban J connectivity index is 0. The molecule has 0 aliphatic carbocycles. The maximum Gasteiger partial charge on any atom is 0.102 e. The van der Waals surface area contributed by atoms with Crippen LogP contribution in [0.1, 0.15) is 20.8 Å². The van der Waals surface area contributed by atoms with Crippen LogP contribution >= 0.6 is 0 Å². The third-order valence-corrected chi connectivity index (χ3v) is 2.59. The average molecular weight is 163 g/mol. The standard InChI is InChI=1S/C8H20NO.H2O/c1-4-9(5-2,6-3)7-8-10;/h10H,4-8H2,1-3H3;1H2/q+1;/p-1. The topological polar surface area (TPSA) is 50.2 Å². The van der Waals surface area contributed by atoms with E-state index in [-0.39, 0.29) is 5.48 Å². The van der Waals surface area contributed by atoms with Gasteiger partial charge >= 0.3 is 0 Å². The molecule has 0 amide bonds. The zero-order valence-corrected chi connectivity index (χ0v) is 7.88. The van der Waals surface area contributed by atoms with E-state index < -0.39 is 0 Å². The summed E-state index contributed by atoms with van der Waals surface area (Å²) >= 11 is 0. The van der Waals surface area contributed by atoms with Crippen molar-refractivity contribution in [2.24, 2.45) is 0 Å². The second-order valence-corrected chi connectivity index (χ2v) is 2.74. The van der Waals surface area contributed by atoms with Crippen LogP contribution in [0.3, 0.4) is 0 Å². The Morgan fingerprint density at radius 3 is 1.45 bits per heavy atom. The lowest BCUT2D eigenvalue weighted by Gasteiger charge is -2.34. The highest BCUT2D eigenvalue weighted by atomic mass is 16.3. The second kappa shape index (κ2) is 6.58. The van der Waals surface area contributed by atoms with Crippen molar-refractivity contribution in [2.75, 3.05) is 32.8 Å². The molecule has 11 heavy (non-hydrogen) atoms. The summed E-state index contributed by atoms with van der Waals surface area (Å²) in [5, 5.41) is 8.78. The number of rotatable bonds is 5. The molecular weight excluding hydrogens is 142 g/mol. The van der Waals surface area contributed by atoms with Crippen LogP contribution in [0.4, 0.5) is 0 Å². The quantitative estimate of drug-likeness (QED) is 0.606. The Bertz CT molecular complexity index is 73.9. The molecule has 2 N–H and O–H groups in total. The van der Waals surface area contributed by atoms with Gasteiger partial charge in [0.2, 0.25) is 0 Å². The summed E-state index contributed by atoms with van der Waals surface area (Å²) < 4.78 is 1.05. The van der Waals surface area contributed by atoms with Gasteiger partial charge in [-0.2, -0.15) is 0 Å². The summed E-state index contributed by atoms with van der Waals surface area (Å²) in [6.07, 6.45) is 0. The van der Waals surface area contributed by atoms with E-state index in [1.54, 1.807) is 0 Å². The zero-order valence-electron chi connectivity index (χ0n) is 7.88.